The first-order valence-corrected chi connectivity index (χ1v) is 8.51. The molecule has 2 aromatic rings. The highest BCUT2D eigenvalue weighted by Crippen LogP contribution is 2.30. The van der Waals surface area contributed by atoms with Gasteiger partial charge in [0, 0.05) is 31.2 Å². The fourth-order valence-corrected chi connectivity index (χ4v) is 3.27. The minimum atomic E-state index is 0.142. The summed E-state index contributed by atoms with van der Waals surface area (Å²) in [5.74, 6) is 0.984. The van der Waals surface area contributed by atoms with Gasteiger partial charge in [-0.3, -0.25) is 4.79 Å². The summed E-state index contributed by atoms with van der Waals surface area (Å²) in [5.41, 5.74) is 4.50. The minimum Gasteiger partial charge on any atom is -0.497 e. The number of benzene rings is 2. The molecule has 24 heavy (non-hydrogen) atoms. The van der Waals surface area contributed by atoms with E-state index in [9.17, 15) is 4.79 Å². The van der Waals surface area contributed by atoms with Crippen LogP contribution in [-0.2, 0) is 19.6 Å². The molecule has 0 spiro atoms. The van der Waals surface area contributed by atoms with Crippen molar-refractivity contribution in [2.24, 2.45) is 0 Å². The number of fused-ring (bicyclic) bond motifs is 1. The zero-order valence-corrected chi connectivity index (χ0v) is 13.9. The summed E-state index contributed by atoms with van der Waals surface area (Å²) < 4.78 is 5.21. The van der Waals surface area contributed by atoms with E-state index in [0.29, 0.717) is 12.6 Å². The van der Waals surface area contributed by atoms with Crippen LogP contribution in [0.4, 0.5) is 0 Å². The van der Waals surface area contributed by atoms with Crippen molar-refractivity contribution >= 4 is 5.91 Å². The van der Waals surface area contributed by atoms with E-state index in [-0.39, 0.29) is 5.91 Å². The normalized spacial score (nSPS) is 15.9. The topological polar surface area (TPSA) is 41.6 Å². The van der Waals surface area contributed by atoms with Gasteiger partial charge >= 0.3 is 0 Å². The van der Waals surface area contributed by atoms with Crippen molar-refractivity contribution in [1.82, 2.24) is 10.2 Å². The Kier molecular flexibility index (Phi) is 3.98. The quantitative estimate of drug-likeness (QED) is 0.920. The SMILES string of the molecule is COc1ccc(CN(C(=O)c2ccc3c(c2)CNC3)C2CC2)cc1. The van der Waals surface area contributed by atoms with Crippen molar-refractivity contribution < 1.29 is 9.53 Å². The second-order valence-electron chi connectivity index (χ2n) is 6.60. The predicted molar refractivity (Wildman–Crippen MR) is 92.9 cm³/mol. The van der Waals surface area contributed by atoms with Gasteiger partial charge in [0.15, 0.2) is 0 Å². The predicted octanol–water partition coefficient (Wildman–Crippen LogP) is 3.10. The Morgan fingerprint density at radius 3 is 2.58 bits per heavy atom. The van der Waals surface area contributed by atoms with Crippen molar-refractivity contribution in [3.63, 3.8) is 0 Å². The van der Waals surface area contributed by atoms with Crippen LogP contribution in [0, 0.1) is 0 Å². The van der Waals surface area contributed by atoms with Crippen LogP contribution in [-0.4, -0.2) is 24.0 Å². The highest BCUT2D eigenvalue weighted by molar-refractivity contribution is 5.95. The molecule has 0 bridgehead atoms. The Morgan fingerprint density at radius 1 is 1.12 bits per heavy atom. The van der Waals surface area contributed by atoms with Crippen molar-refractivity contribution in [3.8, 4) is 5.75 Å². The molecule has 2 aromatic carbocycles. The smallest absolute Gasteiger partial charge is 0.254 e. The van der Waals surface area contributed by atoms with Crippen LogP contribution in [0.5, 0.6) is 5.75 Å². The maximum absolute atomic E-state index is 13.0. The zero-order chi connectivity index (χ0) is 16.5. The van der Waals surface area contributed by atoms with Crippen LogP contribution in [0.2, 0.25) is 0 Å². The van der Waals surface area contributed by atoms with Gasteiger partial charge in [0.2, 0.25) is 0 Å². The first kappa shape index (κ1) is 15.2. The molecule has 0 unspecified atom stereocenters. The molecule has 2 aliphatic rings. The molecule has 1 heterocycles. The number of nitrogens with one attached hydrogen (secondary N) is 1. The third-order valence-corrected chi connectivity index (χ3v) is 4.84. The first-order valence-electron chi connectivity index (χ1n) is 8.51. The molecule has 4 rings (SSSR count). The number of rotatable bonds is 5. The molecule has 124 valence electrons. The Morgan fingerprint density at radius 2 is 1.88 bits per heavy atom. The molecule has 0 atom stereocenters. The Bertz CT molecular complexity index is 751. The van der Waals surface area contributed by atoms with Crippen LogP contribution in [0.3, 0.4) is 0 Å². The lowest BCUT2D eigenvalue weighted by Gasteiger charge is -2.23. The van der Waals surface area contributed by atoms with Gasteiger partial charge in [0.1, 0.15) is 5.75 Å². The van der Waals surface area contributed by atoms with Crippen LogP contribution in [0.1, 0.15) is 39.9 Å². The summed E-state index contributed by atoms with van der Waals surface area (Å²) in [6.07, 6.45) is 2.21. The van der Waals surface area contributed by atoms with Crippen molar-refractivity contribution in [3.05, 3.63) is 64.7 Å². The highest BCUT2D eigenvalue weighted by Gasteiger charge is 2.33. The van der Waals surface area contributed by atoms with Gasteiger partial charge < -0.3 is 15.0 Å². The van der Waals surface area contributed by atoms with Gasteiger partial charge in [-0.15, -0.1) is 0 Å². The number of ether oxygens (including phenoxy) is 1. The molecule has 1 aliphatic heterocycles. The van der Waals surface area contributed by atoms with Crippen LogP contribution < -0.4 is 10.1 Å². The van der Waals surface area contributed by atoms with Gasteiger partial charge in [0.05, 0.1) is 7.11 Å². The summed E-state index contributed by atoms with van der Waals surface area (Å²) in [7, 11) is 1.66. The van der Waals surface area contributed by atoms with Gasteiger partial charge in [-0.05, 0) is 53.8 Å². The number of methoxy groups -OCH3 is 1. The summed E-state index contributed by atoms with van der Waals surface area (Å²) >= 11 is 0. The fourth-order valence-electron chi connectivity index (χ4n) is 3.27. The summed E-state index contributed by atoms with van der Waals surface area (Å²) in [5, 5.41) is 3.33. The molecule has 0 radical (unpaired) electrons. The van der Waals surface area contributed by atoms with E-state index in [4.69, 9.17) is 4.74 Å². The third-order valence-electron chi connectivity index (χ3n) is 4.84. The second kappa shape index (κ2) is 6.29. The highest BCUT2D eigenvalue weighted by atomic mass is 16.5. The molecule has 1 fully saturated rings. The number of hydrogen-bond acceptors (Lipinski definition) is 3. The van der Waals surface area contributed by atoms with E-state index < -0.39 is 0 Å². The number of nitrogens with zero attached hydrogens (tertiary/aromatic N) is 1. The van der Waals surface area contributed by atoms with E-state index in [2.05, 4.69) is 17.4 Å². The molecule has 1 amide bonds. The standard InChI is InChI=1S/C20H22N2O2/c1-24-19-8-2-14(3-9-19)13-22(18-6-7-18)20(23)15-4-5-16-11-21-12-17(16)10-15/h2-5,8-10,18,21H,6-7,11-13H2,1H3. The maximum Gasteiger partial charge on any atom is 0.254 e. The first-order chi connectivity index (χ1) is 11.7. The number of carbonyl (C=O) groups is 1. The summed E-state index contributed by atoms with van der Waals surface area (Å²) in [6, 6.07) is 14.5. The molecule has 0 saturated heterocycles. The number of carbonyl (C=O) groups excluding carboxylic acids is 1. The Hall–Kier alpha value is -2.33. The zero-order valence-electron chi connectivity index (χ0n) is 13.9. The second-order valence-corrected chi connectivity index (χ2v) is 6.60. The lowest BCUT2D eigenvalue weighted by Crippen LogP contribution is -2.32. The van der Waals surface area contributed by atoms with Crippen LogP contribution in [0.25, 0.3) is 0 Å². The molecule has 1 saturated carbocycles. The average Bonchev–Trinajstić information content (AvgIpc) is 3.36. The largest absolute Gasteiger partial charge is 0.497 e. The third kappa shape index (κ3) is 3.02. The van der Waals surface area contributed by atoms with Crippen molar-refractivity contribution in [2.45, 2.75) is 38.5 Å². The molecular formula is C20H22N2O2. The van der Waals surface area contributed by atoms with E-state index in [1.54, 1.807) is 7.11 Å². The summed E-state index contributed by atoms with van der Waals surface area (Å²) in [6.45, 7) is 2.42. The monoisotopic (exact) mass is 322 g/mol. The number of amides is 1. The van der Waals surface area contributed by atoms with Gasteiger partial charge in [-0.25, -0.2) is 0 Å². The average molecular weight is 322 g/mol. The fraction of sp³-hybridized carbons (Fsp3) is 0.350. The lowest BCUT2D eigenvalue weighted by molar-refractivity contribution is 0.0730. The molecule has 4 nitrogen and oxygen atoms in total. The molecular weight excluding hydrogens is 300 g/mol. The molecule has 1 aliphatic carbocycles. The van der Waals surface area contributed by atoms with Crippen molar-refractivity contribution in [2.75, 3.05) is 7.11 Å². The van der Waals surface area contributed by atoms with E-state index >= 15 is 0 Å². The van der Waals surface area contributed by atoms with Crippen molar-refractivity contribution in [1.29, 1.82) is 0 Å². The summed E-state index contributed by atoms with van der Waals surface area (Å²) in [4.78, 5) is 15.1. The molecule has 4 heteroatoms. The van der Waals surface area contributed by atoms with Crippen LogP contribution in [0.15, 0.2) is 42.5 Å². The van der Waals surface area contributed by atoms with Gasteiger partial charge in [-0.1, -0.05) is 18.2 Å². The van der Waals surface area contributed by atoms with Gasteiger partial charge in [0.25, 0.3) is 5.91 Å². The molecule has 0 aromatic heterocycles. The van der Waals surface area contributed by atoms with Gasteiger partial charge in [-0.2, -0.15) is 0 Å². The minimum absolute atomic E-state index is 0.142. The van der Waals surface area contributed by atoms with E-state index in [0.717, 1.165) is 42.8 Å². The lowest BCUT2D eigenvalue weighted by atomic mass is 10.1. The number of hydrogen-bond donors (Lipinski definition) is 1. The molecule has 1 N–H and O–H groups in total. The Balaban J connectivity index is 1.55. The van der Waals surface area contributed by atoms with E-state index in [1.807, 2.05) is 35.2 Å². The maximum atomic E-state index is 13.0. The van der Waals surface area contributed by atoms with Crippen LogP contribution >= 0.6 is 0 Å². The van der Waals surface area contributed by atoms with E-state index in [1.165, 1.54) is 11.1 Å². The Labute approximate surface area is 142 Å².